The molecule has 1 aromatic heterocycles. The molecule has 0 radical (unpaired) electrons. The van der Waals surface area contributed by atoms with Crippen molar-refractivity contribution in [1.82, 2.24) is 24.3 Å². The van der Waals surface area contributed by atoms with Crippen LogP contribution in [0, 0.1) is 11.8 Å². The van der Waals surface area contributed by atoms with Crippen molar-refractivity contribution in [1.29, 1.82) is 0 Å². The summed E-state index contributed by atoms with van der Waals surface area (Å²) in [5, 5.41) is 0. The zero-order valence-corrected chi connectivity index (χ0v) is 29.5. The molecule has 0 unspecified atom stereocenters. The third kappa shape index (κ3) is 7.07. The van der Waals surface area contributed by atoms with E-state index in [0.29, 0.717) is 25.3 Å². The molecule has 11 heteroatoms. The van der Waals surface area contributed by atoms with Crippen LogP contribution in [0.15, 0.2) is 68.5 Å². The van der Waals surface area contributed by atoms with E-state index < -0.39 is 11.8 Å². The standard InChI is InChI=1S/C35H43Br2N5O4/c1-39-15-9-26(10-16-39)27-11-17-40(18-12-27)35(14-20-43)22-29(41-23-32(38-33(41)44)28-5-3-2-4-6-28)13-19-42(35)34(45)46-24-25-7-8-30(36)31(37)21-25/h2-8,20-21,23,26-27,29H,9-19,22,24H2,1H3,(H,38,44)/t29-,35+/m1/s1. The van der Waals surface area contributed by atoms with Crippen molar-refractivity contribution in [3.05, 3.63) is 79.7 Å². The summed E-state index contributed by atoms with van der Waals surface area (Å²) in [4.78, 5) is 49.4. The Morgan fingerprint density at radius 1 is 0.957 bits per heavy atom. The van der Waals surface area contributed by atoms with Crippen molar-refractivity contribution in [2.45, 2.75) is 63.3 Å². The van der Waals surface area contributed by atoms with Gasteiger partial charge in [0, 0.05) is 53.7 Å². The van der Waals surface area contributed by atoms with Crippen molar-refractivity contribution < 1.29 is 14.3 Å². The molecule has 46 heavy (non-hydrogen) atoms. The lowest BCUT2D eigenvalue weighted by Gasteiger charge is -2.56. The highest BCUT2D eigenvalue weighted by molar-refractivity contribution is 9.13. The predicted octanol–water partition coefficient (Wildman–Crippen LogP) is 6.68. The molecule has 3 saturated heterocycles. The summed E-state index contributed by atoms with van der Waals surface area (Å²) < 4.78 is 9.52. The van der Waals surface area contributed by atoms with Crippen LogP contribution in [0.5, 0.6) is 0 Å². The number of hydrogen-bond donors (Lipinski definition) is 1. The van der Waals surface area contributed by atoms with Gasteiger partial charge in [0.1, 0.15) is 18.6 Å². The first-order chi connectivity index (χ1) is 22.3. The van der Waals surface area contributed by atoms with Crippen LogP contribution in [0.25, 0.3) is 11.3 Å². The Morgan fingerprint density at radius 2 is 1.65 bits per heavy atom. The average Bonchev–Trinajstić information content (AvgIpc) is 3.47. The van der Waals surface area contributed by atoms with E-state index in [2.05, 4.69) is 53.7 Å². The summed E-state index contributed by atoms with van der Waals surface area (Å²) in [6, 6.07) is 15.4. The van der Waals surface area contributed by atoms with Crippen molar-refractivity contribution in [3.8, 4) is 11.3 Å². The number of piperidine rings is 3. The quantitative estimate of drug-likeness (QED) is 0.258. The largest absolute Gasteiger partial charge is 0.445 e. The van der Waals surface area contributed by atoms with E-state index in [0.717, 1.165) is 77.0 Å². The van der Waals surface area contributed by atoms with Gasteiger partial charge in [-0.05, 0) is 119 Å². The predicted molar refractivity (Wildman–Crippen MR) is 185 cm³/mol. The number of H-pyrrole nitrogens is 1. The molecule has 246 valence electrons. The molecule has 3 fully saturated rings. The number of aromatic nitrogens is 2. The Balaban J connectivity index is 1.26. The summed E-state index contributed by atoms with van der Waals surface area (Å²) >= 11 is 7.03. The number of halogens is 2. The zero-order valence-electron chi connectivity index (χ0n) is 26.4. The smallest absolute Gasteiger partial charge is 0.411 e. The highest BCUT2D eigenvalue weighted by atomic mass is 79.9. The van der Waals surface area contributed by atoms with Crippen LogP contribution >= 0.6 is 31.9 Å². The number of benzene rings is 2. The first-order valence-corrected chi connectivity index (χ1v) is 18.0. The number of hydrogen-bond acceptors (Lipinski definition) is 6. The summed E-state index contributed by atoms with van der Waals surface area (Å²) in [6.07, 6.45) is 8.14. The molecule has 3 aliphatic heterocycles. The van der Waals surface area contributed by atoms with E-state index >= 15 is 0 Å². The third-order valence-corrected chi connectivity index (χ3v) is 12.4. The Hall–Kier alpha value is -2.73. The van der Waals surface area contributed by atoms with Gasteiger partial charge in [-0.2, -0.15) is 0 Å². The molecule has 4 heterocycles. The molecule has 3 aromatic rings. The molecule has 3 aliphatic rings. The second-order valence-electron chi connectivity index (χ2n) is 13.2. The van der Waals surface area contributed by atoms with Gasteiger partial charge in [-0.25, -0.2) is 9.59 Å². The maximum Gasteiger partial charge on any atom is 0.411 e. The maximum atomic E-state index is 14.0. The average molecular weight is 758 g/mol. The second kappa shape index (κ2) is 14.6. The number of rotatable bonds is 8. The highest BCUT2D eigenvalue weighted by Gasteiger charge is 2.51. The fourth-order valence-corrected chi connectivity index (χ4v) is 8.59. The van der Waals surface area contributed by atoms with Crippen LogP contribution in [0.1, 0.15) is 56.6 Å². The SMILES string of the molecule is CN1CCC(C2CCN([C@]3(CC=O)C[C@H](n4cc(-c5ccccc5)[nH]c4=O)CCN3C(=O)OCc3ccc(Br)c(Br)c3)CC2)CC1. The van der Waals surface area contributed by atoms with Gasteiger partial charge in [-0.15, -0.1) is 0 Å². The molecule has 2 atom stereocenters. The Bertz CT molecular complexity index is 1560. The molecule has 0 spiro atoms. The number of ether oxygens (including phenoxy) is 1. The topological polar surface area (TPSA) is 90.9 Å². The minimum absolute atomic E-state index is 0.123. The summed E-state index contributed by atoms with van der Waals surface area (Å²) in [6.45, 7) is 4.40. The van der Waals surface area contributed by atoms with E-state index in [1.54, 1.807) is 9.47 Å². The number of aldehydes is 1. The van der Waals surface area contributed by atoms with Gasteiger partial charge in [-0.3, -0.25) is 14.4 Å². The molecule has 9 nitrogen and oxygen atoms in total. The molecule has 6 rings (SSSR count). The fraction of sp³-hybridized carbons (Fsp3) is 0.514. The van der Waals surface area contributed by atoms with E-state index in [-0.39, 0.29) is 24.8 Å². The number of nitrogens with zero attached hydrogens (tertiary/aromatic N) is 4. The lowest BCUT2D eigenvalue weighted by Crippen LogP contribution is -2.67. The first kappa shape index (κ1) is 33.2. The molecule has 2 aromatic carbocycles. The molecule has 0 aliphatic carbocycles. The van der Waals surface area contributed by atoms with Gasteiger partial charge < -0.3 is 19.4 Å². The monoisotopic (exact) mass is 755 g/mol. The van der Waals surface area contributed by atoms with Crippen LogP contribution in [0.4, 0.5) is 4.79 Å². The van der Waals surface area contributed by atoms with E-state index in [1.807, 2.05) is 54.7 Å². The van der Waals surface area contributed by atoms with Gasteiger partial charge in [0.25, 0.3) is 0 Å². The fourth-order valence-electron chi connectivity index (χ4n) is 7.92. The van der Waals surface area contributed by atoms with Gasteiger partial charge >= 0.3 is 11.8 Å². The third-order valence-electron chi connectivity index (χ3n) is 10.5. The van der Waals surface area contributed by atoms with Crippen LogP contribution in [-0.4, -0.2) is 82.1 Å². The number of amides is 1. The molecule has 0 saturated carbocycles. The van der Waals surface area contributed by atoms with Crippen molar-refractivity contribution >= 4 is 44.2 Å². The van der Waals surface area contributed by atoms with Crippen LogP contribution in [0.2, 0.25) is 0 Å². The number of carbonyl (C=O) groups is 2. The lowest BCUT2D eigenvalue weighted by molar-refractivity contribution is -0.127. The van der Waals surface area contributed by atoms with Gasteiger partial charge in [-0.1, -0.05) is 36.4 Å². The Morgan fingerprint density at radius 3 is 2.33 bits per heavy atom. The lowest BCUT2D eigenvalue weighted by atomic mass is 9.77. The number of likely N-dealkylation sites (tertiary alicyclic amines) is 3. The van der Waals surface area contributed by atoms with Crippen LogP contribution < -0.4 is 5.69 Å². The summed E-state index contributed by atoms with van der Waals surface area (Å²) in [7, 11) is 2.20. The first-order valence-electron chi connectivity index (χ1n) is 16.4. The van der Waals surface area contributed by atoms with Crippen molar-refractivity contribution in [2.75, 3.05) is 39.8 Å². The normalized spacial score (nSPS) is 23.8. The summed E-state index contributed by atoms with van der Waals surface area (Å²) in [5.41, 5.74) is 1.50. The van der Waals surface area contributed by atoms with E-state index in [1.165, 1.54) is 12.8 Å². The summed E-state index contributed by atoms with van der Waals surface area (Å²) in [5.74, 6) is 1.37. The van der Waals surface area contributed by atoms with Crippen molar-refractivity contribution in [3.63, 3.8) is 0 Å². The van der Waals surface area contributed by atoms with Crippen LogP contribution in [-0.2, 0) is 16.1 Å². The maximum absolute atomic E-state index is 14.0. The van der Waals surface area contributed by atoms with Crippen molar-refractivity contribution in [2.24, 2.45) is 11.8 Å². The number of carbonyl (C=O) groups excluding carboxylic acids is 2. The van der Waals surface area contributed by atoms with Gasteiger partial charge in [0.2, 0.25) is 0 Å². The highest BCUT2D eigenvalue weighted by Crippen LogP contribution is 2.43. The minimum atomic E-state index is -0.885. The molecule has 0 bridgehead atoms. The molecular weight excluding hydrogens is 714 g/mol. The Kier molecular flexibility index (Phi) is 10.5. The van der Waals surface area contributed by atoms with E-state index in [9.17, 15) is 14.4 Å². The number of nitrogens with one attached hydrogen (secondary N) is 1. The molecular formula is C35H43Br2N5O4. The van der Waals surface area contributed by atoms with E-state index in [4.69, 9.17) is 4.74 Å². The second-order valence-corrected chi connectivity index (χ2v) is 14.9. The Labute approximate surface area is 287 Å². The van der Waals surface area contributed by atoms with Gasteiger partial charge in [0.15, 0.2) is 0 Å². The molecule has 1 amide bonds. The number of imidazole rings is 1. The van der Waals surface area contributed by atoms with Crippen LogP contribution in [0.3, 0.4) is 0 Å². The number of aromatic amines is 1. The molecule has 1 N–H and O–H groups in total. The minimum Gasteiger partial charge on any atom is -0.445 e. The van der Waals surface area contributed by atoms with Gasteiger partial charge in [0.05, 0.1) is 5.69 Å². The zero-order chi connectivity index (χ0) is 32.3.